The molecule has 7 rings (SSSR count). The highest BCUT2D eigenvalue weighted by molar-refractivity contribution is 6.02. The number of carbonyl (C=O) groups excluding carboxylic acids is 1. The molecule has 7 unspecified atom stereocenters. The summed E-state index contributed by atoms with van der Waals surface area (Å²) in [5.74, 6) is 1.37. The third-order valence-corrected chi connectivity index (χ3v) is 7.82. The summed E-state index contributed by atoms with van der Waals surface area (Å²) in [5, 5.41) is 10.5. The molecule has 0 radical (unpaired) electrons. The Hall–Kier alpha value is -1.81. The summed E-state index contributed by atoms with van der Waals surface area (Å²) in [6, 6.07) is 6.76. The molecule has 5 fully saturated rings. The van der Waals surface area contributed by atoms with Crippen LogP contribution in [0.2, 0.25) is 0 Å². The molecule has 0 amide bonds. The summed E-state index contributed by atoms with van der Waals surface area (Å²) in [5.41, 5.74) is 3.06. The number of phenols is 1. The number of allylic oxidation sites excluding steroid dienone is 1. The summed E-state index contributed by atoms with van der Waals surface area (Å²) in [6.07, 6.45) is 4.27. The number of fused-ring (bicyclic) bond motifs is 2. The van der Waals surface area contributed by atoms with Crippen LogP contribution in [0.3, 0.4) is 0 Å². The fourth-order valence-electron chi connectivity index (χ4n) is 7.14. The van der Waals surface area contributed by atoms with Crippen molar-refractivity contribution in [2.75, 3.05) is 18.5 Å². The Morgan fingerprint density at radius 1 is 1.33 bits per heavy atom. The first-order chi connectivity index (χ1) is 11.6. The minimum absolute atomic E-state index is 0.160. The van der Waals surface area contributed by atoms with Gasteiger partial charge >= 0.3 is 0 Å². The number of piperidine rings is 4. The molecule has 0 aromatic heterocycles. The molecule has 1 aromatic carbocycles. The molecule has 1 aliphatic carbocycles. The first-order valence-electron chi connectivity index (χ1n) is 9.10. The van der Waals surface area contributed by atoms with Crippen LogP contribution in [0.1, 0.15) is 25.3 Å². The largest absolute Gasteiger partial charge is 0.506 e. The van der Waals surface area contributed by atoms with E-state index in [-0.39, 0.29) is 12.0 Å². The van der Waals surface area contributed by atoms with E-state index in [1.54, 1.807) is 6.07 Å². The molecule has 4 saturated heterocycles. The number of benzene rings is 1. The molecule has 1 aromatic rings. The van der Waals surface area contributed by atoms with E-state index < -0.39 is 5.41 Å². The van der Waals surface area contributed by atoms with Crippen molar-refractivity contribution >= 4 is 11.5 Å². The SMILES string of the molecule is C/C=C1\CN2C3CC45C(=O)C3C1CC2C4N(C)c1c(O)cccc15. The Morgan fingerprint density at radius 3 is 2.96 bits per heavy atom. The van der Waals surface area contributed by atoms with Gasteiger partial charge in [-0.1, -0.05) is 23.8 Å². The minimum Gasteiger partial charge on any atom is -0.506 e. The normalized spacial score (nSPS) is 48.3. The minimum atomic E-state index is -0.392. The summed E-state index contributed by atoms with van der Waals surface area (Å²) in [4.78, 5) is 18.6. The lowest BCUT2D eigenvalue weighted by Crippen LogP contribution is -2.68. The standard InChI is InChI=1S/C20H22N2O2/c1-3-10-9-22-13-7-11(10)16-14(22)8-20(19(16)24)12-5-4-6-15(23)17(12)21(2)18(13)20/h3-6,11,13-14,16,18,23H,7-9H2,1-2H3/b10-3+. The molecule has 24 heavy (non-hydrogen) atoms. The number of hydrogen-bond acceptors (Lipinski definition) is 4. The number of para-hydroxylation sites is 1. The van der Waals surface area contributed by atoms with E-state index in [1.807, 2.05) is 6.07 Å². The van der Waals surface area contributed by atoms with Crippen LogP contribution in [-0.4, -0.2) is 47.5 Å². The van der Waals surface area contributed by atoms with E-state index in [9.17, 15) is 9.90 Å². The number of hydrogen-bond donors (Lipinski definition) is 1. The number of phenolic OH excluding ortho intramolecular Hbond substituents is 1. The lowest BCUT2D eigenvalue weighted by molar-refractivity contribution is -0.126. The number of likely N-dealkylation sites (N-methyl/N-ethyl adjacent to an activating group) is 1. The molecule has 5 bridgehead atoms. The quantitative estimate of drug-likeness (QED) is 0.743. The Kier molecular flexibility index (Phi) is 2.18. The number of nitrogens with zero attached hydrogens (tertiary/aromatic N) is 2. The van der Waals surface area contributed by atoms with E-state index >= 15 is 0 Å². The molecule has 5 heterocycles. The topological polar surface area (TPSA) is 43.8 Å². The summed E-state index contributed by atoms with van der Waals surface area (Å²) in [7, 11) is 2.07. The first-order valence-corrected chi connectivity index (χ1v) is 9.10. The number of aromatic hydroxyl groups is 1. The van der Waals surface area contributed by atoms with Gasteiger partial charge in [0, 0.05) is 31.6 Å². The fourth-order valence-corrected chi connectivity index (χ4v) is 7.14. The Bertz CT molecular complexity index is 831. The lowest BCUT2D eigenvalue weighted by atomic mass is 9.65. The molecule has 1 N–H and O–H groups in total. The highest BCUT2D eigenvalue weighted by atomic mass is 16.3. The summed E-state index contributed by atoms with van der Waals surface area (Å²) in [6.45, 7) is 3.15. The first kappa shape index (κ1) is 13.5. The van der Waals surface area contributed by atoms with Crippen LogP contribution in [-0.2, 0) is 10.2 Å². The molecular weight excluding hydrogens is 300 g/mol. The molecule has 124 valence electrons. The van der Waals surface area contributed by atoms with Crippen molar-refractivity contribution in [3.8, 4) is 5.75 Å². The van der Waals surface area contributed by atoms with Crippen LogP contribution < -0.4 is 4.90 Å². The van der Waals surface area contributed by atoms with E-state index in [4.69, 9.17) is 0 Å². The Labute approximate surface area is 141 Å². The third kappa shape index (κ3) is 1.13. The van der Waals surface area contributed by atoms with Crippen LogP contribution >= 0.6 is 0 Å². The number of anilines is 1. The second kappa shape index (κ2) is 3.88. The van der Waals surface area contributed by atoms with Crippen LogP contribution in [0.4, 0.5) is 5.69 Å². The van der Waals surface area contributed by atoms with Gasteiger partial charge in [0.05, 0.1) is 17.1 Å². The molecular formula is C20H22N2O2. The van der Waals surface area contributed by atoms with Crippen LogP contribution in [0.15, 0.2) is 29.8 Å². The molecule has 1 spiro atoms. The average molecular weight is 322 g/mol. The van der Waals surface area contributed by atoms with Crippen LogP contribution in [0.25, 0.3) is 0 Å². The van der Waals surface area contributed by atoms with Gasteiger partial charge in [0.25, 0.3) is 0 Å². The number of rotatable bonds is 0. The van der Waals surface area contributed by atoms with Crippen LogP contribution in [0, 0.1) is 11.8 Å². The third-order valence-electron chi connectivity index (χ3n) is 7.82. The van der Waals surface area contributed by atoms with Gasteiger partial charge in [-0.05, 0) is 37.3 Å². The Balaban J connectivity index is 1.64. The number of carbonyl (C=O) groups is 1. The predicted octanol–water partition coefficient (Wildman–Crippen LogP) is 2.07. The maximum Gasteiger partial charge on any atom is 0.150 e. The van der Waals surface area contributed by atoms with E-state index in [2.05, 4.69) is 35.9 Å². The van der Waals surface area contributed by atoms with Gasteiger partial charge in [-0.15, -0.1) is 0 Å². The molecule has 7 atom stereocenters. The molecule has 4 nitrogen and oxygen atoms in total. The predicted molar refractivity (Wildman–Crippen MR) is 91.2 cm³/mol. The van der Waals surface area contributed by atoms with Gasteiger partial charge in [-0.25, -0.2) is 0 Å². The van der Waals surface area contributed by atoms with E-state index in [1.165, 1.54) is 5.57 Å². The van der Waals surface area contributed by atoms with Gasteiger partial charge in [0.15, 0.2) is 5.78 Å². The van der Waals surface area contributed by atoms with Gasteiger partial charge in [0.1, 0.15) is 5.75 Å². The molecule has 5 aliphatic heterocycles. The van der Waals surface area contributed by atoms with Gasteiger partial charge in [-0.3, -0.25) is 9.69 Å². The highest BCUT2D eigenvalue weighted by Gasteiger charge is 2.74. The zero-order chi connectivity index (χ0) is 16.4. The van der Waals surface area contributed by atoms with Crippen molar-refractivity contribution in [3.05, 3.63) is 35.4 Å². The van der Waals surface area contributed by atoms with Gasteiger partial charge in [0.2, 0.25) is 0 Å². The lowest BCUT2D eigenvalue weighted by Gasteiger charge is -2.58. The fraction of sp³-hybridized carbons (Fsp3) is 0.550. The Morgan fingerprint density at radius 2 is 2.17 bits per heavy atom. The number of Topliss-reactive ketones (excluding diaryl/α,β-unsaturated/α-hetero) is 1. The second-order valence-corrected chi connectivity index (χ2v) is 8.31. The van der Waals surface area contributed by atoms with Crippen molar-refractivity contribution in [2.45, 2.75) is 43.3 Å². The van der Waals surface area contributed by atoms with Crippen molar-refractivity contribution in [1.29, 1.82) is 0 Å². The van der Waals surface area contributed by atoms with Crippen molar-refractivity contribution in [1.82, 2.24) is 4.90 Å². The average Bonchev–Trinajstić information content (AvgIpc) is 2.98. The number of ketones is 1. The molecule has 6 aliphatic rings. The summed E-state index contributed by atoms with van der Waals surface area (Å²) < 4.78 is 0. The van der Waals surface area contributed by atoms with E-state index in [0.717, 1.165) is 30.6 Å². The second-order valence-electron chi connectivity index (χ2n) is 8.31. The van der Waals surface area contributed by atoms with Crippen molar-refractivity contribution in [3.63, 3.8) is 0 Å². The van der Waals surface area contributed by atoms with Crippen LogP contribution in [0.5, 0.6) is 5.75 Å². The monoisotopic (exact) mass is 322 g/mol. The van der Waals surface area contributed by atoms with Crippen molar-refractivity contribution < 1.29 is 9.90 Å². The molecule has 1 saturated carbocycles. The smallest absolute Gasteiger partial charge is 0.150 e. The maximum absolute atomic E-state index is 13.8. The zero-order valence-corrected chi connectivity index (χ0v) is 14.1. The summed E-state index contributed by atoms with van der Waals surface area (Å²) >= 11 is 0. The highest BCUT2D eigenvalue weighted by Crippen LogP contribution is 2.67. The van der Waals surface area contributed by atoms with Crippen molar-refractivity contribution in [2.24, 2.45) is 11.8 Å². The molecule has 4 heteroatoms. The zero-order valence-electron chi connectivity index (χ0n) is 14.1. The maximum atomic E-state index is 13.8. The van der Waals surface area contributed by atoms with Gasteiger partial charge < -0.3 is 10.0 Å². The van der Waals surface area contributed by atoms with Gasteiger partial charge in [-0.2, -0.15) is 0 Å². The van der Waals surface area contributed by atoms with E-state index in [0.29, 0.717) is 29.5 Å².